The Morgan fingerprint density at radius 1 is 1.38 bits per heavy atom. The molecule has 0 bridgehead atoms. The first-order valence-electron chi connectivity index (χ1n) is 10.0. The second kappa shape index (κ2) is 10.8. The third-order valence-corrected chi connectivity index (χ3v) is 5.58. The number of aromatic carboxylic acids is 1. The standard InChI is InChI=1S/C19H22BN5O8S/c1-32-13(26)5-6-22-19(30)25-14(11-8-34-18(21)23-11)16(27)24-12-7-9-3-2-4-10(17(28)29)15(9)33-20(12)31/h2-4,8,12,14,31H,5-7H2,1H3,(H2,21,23)(H,24,27)(H,28,29)(H2,22,25,30)/t12-,14?/m0/s1. The summed E-state index contributed by atoms with van der Waals surface area (Å²) >= 11 is 1.07. The number of nitrogens with one attached hydrogen (secondary N) is 3. The van der Waals surface area contributed by atoms with Gasteiger partial charge in [-0.15, -0.1) is 11.3 Å². The number of para-hydroxylation sites is 1. The van der Waals surface area contributed by atoms with Crippen LogP contribution in [0, 0.1) is 0 Å². The first-order valence-corrected chi connectivity index (χ1v) is 10.9. The van der Waals surface area contributed by atoms with Crippen molar-refractivity contribution in [3.8, 4) is 5.75 Å². The zero-order valence-corrected chi connectivity index (χ0v) is 18.8. The Morgan fingerprint density at radius 3 is 2.79 bits per heavy atom. The van der Waals surface area contributed by atoms with Gasteiger partial charge in [-0.3, -0.25) is 9.59 Å². The fourth-order valence-corrected chi connectivity index (χ4v) is 3.84. The van der Waals surface area contributed by atoms with Crippen molar-refractivity contribution >= 4 is 47.5 Å². The van der Waals surface area contributed by atoms with E-state index >= 15 is 0 Å². The van der Waals surface area contributed by atoms with E-state index in [4.69, 9.17) is 10.4 Å². The zero-order valence-electron chi connectivity index (χ0n) is 17.9. The molecule has 0 radical (unpaired) electrons. The molecule has 1 aliphatic rings. The maximum atomic E-state index is 13.1. The number of hydrogen-bond acceptors (Lipinski definition) is 10. The number of nitrogens with two attached hydrogens (primary N) is 1. The molecule has 0 saturated carbocycles. The van der Waals surface area contributed by atoms with Crippen LogP contribution in [0.2, 0.25) is 0 Å². The SMILES string of the molecule is COC(=O)CCNC(=O)NC(C(=O)N[C@H]1Cc2cccc(C(=O)O)c2OB1O)c1csc(N)n1. The number of benzene rings is 1. The number of methoxy groups -OCH3 is 1. The van der Waals surface area contributed by atoms with E-state index in [9.17, 15) is 29.3 Å². The van der Waals surface area contributed by atoms with Crippen LogP contribution >= 0.6 is 11.3 Å². The molecule has 1 aromatic carbocycles. The third kappa shape index (κ3) is 5.93. The summed E-state index contributed by atoms with van der Waals surface area (Å²) in [4.78, 5) is 52.0. The van der Waals surface area contributed by atoms with Gasteiger partial charge < -0.3 is 41.2 Å². The number of carbonyl (C=O) groups is 4. The van der Waals surface area contributed by atoms with Crippen molar-refractivity contribution in [2.75, 3.05) is 19.4 Å². The summed E-state index contributed by atoms with van der Waals surface area (Å²) in [6.07, 6.45) is 0.0222. The van der Waals surface area contributed by atoms with Crippen molar-refractivity contribution in [1.29, 1.82) is 0 Å². The van der Waals surface area contributed by atoms with Crippen molar-refractivity contribution in [1.82, 2.24) is 20.9 Å². The van der Waals surface area contributed by atoms with Gasteiger partial charge in [0.25, 0.3) is 0 Å². The molecule has 34 heavy (non-hydrogen) atoms. The average molecular weight is 491 g/mol. The quantitative estimate of drug-likeness (QED) is 0.206. The van der Waals surface area contributed by atoms with Gasteiger partial charge in [0.2, 0.25) is 5.91 Å². The normalized spacial score (nSPS) is 15.4. The molecule has 3 rings (SSSR count). The number of hydrogen-bond donors (Lipinski definition) is 6. The van der Waals surface area contributed by atoms with E-state index in [0.29, 0.717) is 5.56 Å². The lowest BCUT2D eigenvalue weighted by Crippen LogP contribution is -2.56. The number of esters is 1. The van der Waals surface area contributed by atoms with Crippen LogP contribution in [-0.4, -0.2) is 65.7 Å². The molecule has 13 nitrogen and oxygen atoms in total. The summed E-state index contributed by atoms with van der Waals surface area (Å²) in [6, 6.07) is 2.48. The van der Waals surface area contributed by atoms with Gasteiger partial charge in [-0.05, 0) is 18.1 Å². The number of aromatic nitrogens is 1. The monoisotopic (exact) mass is 491 g/mol. The summed E-state index contributed by atoms with van der Waals surface area (Å²) in [6.45, 7) is -0.0239. The van der Waals surface area contributed by atoms with Crippen molar-refractivity contribution < 1.29 is 38.7 Å². The predicted molar refractivity (Wildman–Crippen MR) is 120 cm³/mol. The largest absolute Gasteiger partial charge is 0.547 e. The molecule has 0 saturated heterocycles. The van der Waals surface area contributed by atoms with E-state index < -0.39 is 43.0 Å². The van der Waals surface area contributed by atoms with Gasteiger partial charge in [0.05, 0.1) is 30.7 Å². The Labute approximate surface area is 197 Å². The van der Waals surface area contributed by atoms with E-state index in [1.165, 1.54) is 24.6 Å². The molecule has 7 N–H and O–H groups in total. The minimum Gasteiger partial charge on any atom is -0.534 e. The number of carboxylic acids is 1. The molecule has 1 aliphatic heterocycles. The molecule has 0 aliphatic carbocycles. The molecule has 2 atom stereocenters. The number of ether oxygens (including phenoxy) is 1. The fraction of sp³-hybridized carbons (Fsp3) is 0.316. The lowest BCUT2D eigenvalue weighted by Gasteiger charge is -2.30. The van der Waals surface area contributed by atoms with Gasteiger partial charge in [-0.25, -0.2) is 14.6 Å². The van der Waals surface area contributed by atoms with Gasteiger partial charge >= 0.3 is 25.1 Å². The number of urea groups is 1. The van der Waals surface area contributed by atoms with Crippen LogP contribution in [0.4, 0.5) is 9.93 Å². The lowest BCUT2D eigenvalue weighted by molar-refractivity contribution is -0.140. The summed E-state index contributed by atoms with van der Waals surface area (Å²) < 4.78 is 9.88. The van der Waals surface area contributed by atoms with E-state index in [1.807, 2.05) is 0 Å². The Morgan fingerprint density at radius 2 is 2.15 bits per heavy atom. The molecule has 15 heteroatoms. The highest BCUT2D eigenvalue weighted by Gasteiger charge is 2.39. The first-order chi connectivity index (χ1) is 16.2. The van der Waals surface area contributed by atoms with E-state index in [-0.39, 0.29) is 41.5 Å². The summed E-state index contributed by atoms with van der Waals surface area (Å²) in [5.74, 6) is -3.35. The van der Waals surface area contributed by atoms with E-state index in [1.54, 1.807) is 6.07 Å². The number of carboxylic acid groups (broad SMARTS) is 1. The maximum Gasteiger partial charge on any atom is 0.547 e. The minimum atomic E-state index is -1.54. The average Bonchev–Trinajstić information content (AvgIpc) is 3.23. The lowest BCUT2D eigenvalue weighted by atomic mass is 9.72. The van der Waals surface area contributed by atoms with Gasteiger partial charge in [-0.1, -0.05) is 12.1 Å². The summed E-state index contributed by atoms with van der Waals surface area (Å²) in [5.41, 5.74) is 6.21. The molecule has 1 aromatic heterocycles. The Hall–Kier alpha value is -3.85. The van der Waals surface area contributed by atoms with Crippen LogP contribution in [0.3, 0.4) is 0 Å². The van der Waals surface area contributed by atoms with Gasteiger partial charge in [0.1, 0.15) is 5.75 Å². The number of rotatable bonds is 8. The fourth-order valence-electron chi connectivity index (χ4n) is 3.25. The van der Waals surface area contributed by atoms with Crippen molar-refractivity contribution in [3.05, 3.63) is 40.4 Å². The highest BCUT2D eigenvalue weighted by atomic mass is 32.1. The van der Waals surface area contributed by atoms with Crippen molar-refractivity contribution in [2.24, 2.45) is 0 Å². The maximum absolute atomic E-state index is 13.1. The highest BCUT2D eigenvalue weighted by molar-refractivity contribution is 7.13. The Kier molecular flexibility index (Phi) is 7.91. The minimum absolute atomic E-state index is 0.0239. The molecule has 180 valence electrons. The van der Waals surface area contributed by atoms with Crippen LogP contribution in [0.15, 0.2) is 23.6 Å². The van der Waals surface area contributed by atoms with Crippen molar-refractivity contribution in [2.45, 2.75) is 24.8 Å². The number of nitrogens with zero attached hydrogens (tertiary/aromatic N) is 1. The van der Waals surface area contributed by atoms with Crippen LogP contribution in [-0.2, 0) is 20.7 Å². The van der Waals surface area contributed by atoms with Gasteiger partial charge in [0, 0.05) is 11.9 Å². The highest BCUT2D eigenvalue weighted by Crippen LogP contribution is 2.30. The van der Waals surface area contributed by atoms with E-state index in [0.717, 1.165) is 11.3 Å². The van der Waals surface area contributed by atoms with Crippen LogP contribution in [0.25, 0.3) is 0 Å². The van der Waals surface area contributed by atoms with Crippen LogP contribution in [0.5, 0.6) is 5.75 Å². The van der Waals surface area contributed by atoms with Crippen LogP contribution in [0.1, 0.15) is 34.1 Å². The predicted octanol–water partition coefficient (Wildman–Crippen LogP) is -0.533. The summed E-state index contributed by atoms with van der Waals surface area (Å²) in [7, 11) is -0.313. The van der Waals surface area contributed by atoms with E-state index in [2.05, 4.69) is 25.7 Å². The van der Waals surface area contributed by atoms with Gasteiger partial charge in [-0.2, -0.15) is 0 Å². The Bertz CT molecular complexity index is 1100. The zero-order chi connectivity index (χ0) is 24.8. The smallest absolute Gasteiger partial charge is 0.534 e. The first kappa shape index (κ1) is 24.8. The third-order valence-electron chi connectivity index (χ3n) is 4.89. The number of fused-ring (bicyclic) bond motifs is 1. The van der Waals surface area contributed by atoms with Crippen molar-refractivity contribution in [3.63, 3.8) is 0 Å². The molecule has 0 spiro atoms. The number of carbonyl (C=O) groups excluding carboxylic acids is 3. The van der Waals surface area contributed by atoms with Gasteiger partial charge in [0.15, 0.2) is 11.2 Å². The number of anilines is 1. The molecular weight excluding hydrogens is 469 g/mol. The second-order valence-electron chi connectivity index (χ2n) is 7.20. The topological polar surface area (TPSA) is 202 Å². The number of nitrogen functional groups attached to an aromatic ring is 1. The molecule has 2 heterocycles. The molecular formula is C19H22BN5O8S. The van der Waals surface area contributed by atoms with Crippen LogP contribution < -0.4 is 26.3 Å². The number of thiazole rings is 1. The molecule has 1 unspecified atom stereocenters. The summed E-state index contributed by atoms with van der Waals surface area (Å²) in [5, 5.41) is 28.9. The molecule has 0 fully saturated rings. The molecule has 3 amide bonds. The Balaban J connectivity index is 1.72. The number of amides is 3. The second-order valence-corrected chi connectivity index (χ2v) is 8.09. The molecule has 2 aromatic rings.